The first-order valence-corrected chi connectivity index (χ1v) is 7.42. The Morgan fingerprint density at radius 3 is 2.45 bits per heavy atom. The van der Waals surface area contributed by atoms with Crippen LogP contribution in [0.4, 0.5) is 8.78 Å². The van der Waals surface area contributed by atoms with E-state index in [0.29, 0.717) is 6.04 Å². The van der Waals surface area contributed by atoms with Gasteiger partial charge in [0.05, 0.1) is 0 Å². The van der Waals surface area contributed by atoms with Crippen molar-refractivity contribution in [1.82, 2.24) is 5.32 Å². The Bertz CT molecular complexity index is 448. The van der Waals surface area contributed by atoms with Crippen molar-refractivity contribution in [3.8, 4) is 5.75 Å². The van der Waals surface area contributed by atoms with E-state index in [0.717, 1.165) is 17.4 Å². The first kappa shape index (κ1) is 13.8. The van der Waals surface area contributed by atoms with Crippen LogP contribution in [0.3, 0.4) is 0 Å². The van der Waals surface area contributed by atoms with Crippen molar-refractivity contribution in [2.24, 2.45) is 11.8 Å². The van der Waals surface area contributed by atoms with Crippen LogP contribution < -0.4 is 10.1 Å². The third kappa shape index (κ3) is 2.95. The Balaban J connectivity index is 1.58. The van der Waals surface area contributed by atoms with Crippen LogP contribution in [0.1, 0.15) is 44.2 Å². The molecule has 0 heterocycles. The molecule has 4 atom stereocenters. The number of rotatable bonds is 5. The van der Waals surface area contributed by atoms with Crippen molar-refractivity contribution < 1.29 is 13.5 Å². The summed E-state index contributed by atoms with van der Waals surface area (Å²) in [4.78, 5) is 0. The number of hydrogen-bond donors (Lipinski definition) is 1. The van der Waals surface area contributed by atoms with Crippen molar-refractivity contribution in [2.45, 2.75) is 51.3 Å². The Kier molecular flexibility index (Phi) is 3.92. The standard InChI is InChI=1S/C16H21F2NO/c1-10(19-15-9-11-2-3-13(15)8-11)12-4-6-14(7-5-12)20-16(17)18/h4-7,10-11,13,15-16,19H,2-3,8-9H2,1H3. The molecule has 110 valence electrons. The third-order valence-electron chi connectivity index (χ3n) is 4.81. The van der Waals surface area contributed by atoms with Gasteiger partial charge in [-0.25, -0.2) is 0 Å². The fraction of sp³-hybridized carbons (Fsp3) is 0.625. The van der Waals surface area contributed by atoms with E-state index in [2.05, 4.69) is 17.0 Å². The van der Waals surface area contributed by atoms with E-state index < -0.39 is 6.61 Å². The highest BCUT2D eigenvalue weighted by Crippen LogP contribution is 2.45. The molecule has 0 spiro atoms. The monoisotopic (exact) mass is 281 g/mol. The number of nitrogens with one attached hydrogen (secondary N) is 1. The normalized spacial score (nSPS) is 29.9. The van der Waals surface area contributed by atoms with Gasteiger partial charge in [-0.3, -0.25) is 0 Å². The second-order valence-electron chi connectivity index (χ2n) is 6.12. The van der Waals surface area contributed by atoms with Gasteiger partial charge >= 0.3 is 6.61 Å². The lowest BCUT2D eigenvalue weighted by atomic mass is 9.94. The van der Waals surface area contributed by atoms with Crippen LogP contribution in [0.15, 0.2) is 24.3 Å². The average molecular weight is 281 g/mol. The Morgan fingerprint density at radius 1 is 1.15 bits per heavy atom. The molecule has 3 rings (SSSR count). The second-order valence-corrected chi connectivity index (χ2v) is 6.12. The van der Waals surface area contributed by atoms with E-state index in [1.165, 1.54) is 25.7 Å². The molecule has 0 radical (unpaired) electrons. The van der Waals surface area contributed by atoms with E-state index in [9.17, 15) is 8.78 Å². The van der Waals surface area contributed by atoms with Crippen molar-refractivity contribution in [1.29, 1.82) is 0 Å². The van der Waals surface area contributed by atoms with Gasteiger partial charge < -0.3 is 10.1 Å². The van der Waals surface area contributed by atoms with Crippen molar-refractivity contribution in [3.63, 3.8) is 0 Å². The van der Waals surface area contributed by atoms with E-state index in [4.69, 9.17) is 0 Å². The van der Waals surface area contributed by atoms with Crippen molar-refractivity contribution in [2.75, 3.05) is 0 Å². The molecule has 2 aliphatic rings. The number of fused-ring (bicyclic) bond motifs is 2. The zero-order valence-corrected chi connectivity index (χ0v) is 11.7. The Morgan fingerprint density at radius 2 is 1.90 bits per heavy atom. The highest BCUT2D eigenvalue weighted by Gasteiger charge is 2.39. The minimum Gasteiger partial charge on any atom is -0.435 e. The van der Waals surface area contributed by atoms with Crippen molar-refractivity contribution >= 4 is 0 Å². The van der Waals surface area contributed by atoms with Gasteiger partial charge in [0.2, 0.25) is 0 Å². The minimum absolute atomic E-state index is 0.218. The van der Waals surface area contributed by atoms with Crippen LogP contribution in [0, 0.1) is 11.8 Å². The van der Waals surface area contributed by atoms with Crippen LogP contribution in [0.2, 0.25) is 0 Å². The molecule has 2 fully saturated rings. The lowest BCUT2D eigenvalue weighted by molar-refractivity contribution is -0.0498. The zero-order chi connectivity index (χ0) is 14.1. The molecule has 0 aromatic heterocycles. The summed E-state index contributed by atoms with van der Waals surface area (Å²) in [5.41, 5.74) is 1.12. The number of hydrogen-bond acceptors (Lipinski definition) is 2. The van der Waals surface area contributed by atoms with E-state index >= 15 is 0 Å². The van der Waals surface area contributed by atoms with Gasteiger partial charge in [-0.1, -0.05) is 18.6 Å². The average Bonchev–Trinajstić information content (AvgIpc) is 3.01. The maximum absolute atomic E-state index is 12.1. The van der Waals surface area contributed by atoms with E-state index in [1.807, 2.05) is 12.1 Å². The SMILES string of the molecule is CC(NC1CC2CCC1C2)c1ccc(OC(F)F)cc1. The molecule has 0 amide bonds. The third-order valence-corrected chi connectivity index (χ3v) is 4.81. The molecule has 1 aromatic carbocycles. The van der Waals surface area contributed by atoms with Gasteiger partial charge in [0.15, 0.2) is 0 Å². The molecule has 2 nitrogen and oxygen atoms in total. The lowest BCUT2D eigenvalue weighted by Crippen LogP contribution is -2.35. The molecular formula is C16H21F2NO. The highest BCUT2D eigenvalue weighted by atomic mass is 19.3. The van der Waals surface area contributed by atoms with Gasteiger partial charge in [0, 0.05) is 12.1 Å². The Labute approximate surface area is 118 Å². The maximum Gasteiger partial charge on any atom is 0.387 e. The van der Waals surface area contributed by atoms with Crippen LogP contribution in [0.25, 0.3) is 0 Å². The number of alkyl halides is 2. The van der Waals surface area contributed by atoms with Gasteiger partial charge in [-0.15, -0.1) is 0 Å². The van der Waals surface area contributed by atoms with E-state index in [-0.39, 0.29) is 11.8 Å². The molecule has 1 N–H and O–H groups in total. The van der Waals surface area contributed by atoms with E-state index in [1.54, 1.807) is 12.1 Å². The van der Waals surface area contributed by atoms with Gasteiger partial charge in [0.25, 0.3) is 0 Å². The van der Waals surface area contributed by atoms with Crippen LogP contribution in [-0.4, -0.2) is 12.7 Å². The number of halogens is 2. The van der Waals surface area contributed by atoms with Crippen LogP contribution >= 0.6 is 0 Å². The number of ether oxygens (including phenoxy) is 1. The molecule has 4 heteroatoms. The lowest BCUT2D eigenvalue weighted by Gasteiger charge is -2.27. The van der Waals surface area contributed by atoms with Gasteiger partial charge in [0.1, 0.15) is 5.75 Å². The summed E-state index contributed by atoms with van der Waals surface area (Å²) in [6, 6.07) is 7.83. The largest absolute Gasteiger partial charge is 0.435 e. The first-order valence-electron chi connectivity index (χ1n) is 7.42. The molecule has 20 heavy (non-hydrogen) atoms. The molecule has 0 saturated heterocycles. The van der Waals surface area contributed by atoms with Crippen LogP contribution in [0.5, 0.6) is 5.75 Å². The van der Waals surface area contributed by atoms with Gasteiger partial charge in [-0.05, 0) is 55.7 Å². The second kappa shape index (κ2) is 5.68. The van der Waals surface area contributed by atoms with Crippen molar-refractivity contribution in [3.05, 3.63) is 29.8 Å². The topological polar surface area (TPSA) is 21.3 Å². The summed E-state index contributed by atoms with van der Waals surface area (Å²) in [5, 5.41) is 3.70. The smallest absolute Gasteiger partial charge is 0.387 e. The summed E-state index contributed by atoms with van der Waals surface area (Å²) in [6.45, 7) is -0.625. The molecule has 2 saturated carbocycles. The number of benzene rings is 1. The molecular weight excluding hydrogens is 260 g/mol. The summed E-state index contributed by atoms with van der Waals surface area (Å²) in [6.07, 6.45) is 5.43. The first-order chi connectivity index (χ1) is 9.61. The summed E-state index contributed by atoms with van der Waals surface area (Å²) in [7, 11) is 0. The van der Waals surface area contributed by atoms with Gasteiger partial charge in [-0.2, -0.15) is 8.78 Å². The maximum atomic E-state index is 12.1. The quantitative estimate of drug-likeness (QED) is 0.876. The molecule has 2 bridgehead atoms. The fourth-order valence-corrected chi connectivity index (χ4v) is 3.80. The summed E-state index contributed by atoms with van der Waals surface area (Å²) in [5.74, 6) is 1.98. The molecule has 1 aromatic rings. The fourth-order valence-electron chi connectivity index (χ4n) is 3.80. The zero-order valence-electron chi connectivity index (χ0n) is 11.7. The summed E-state index contributed by atoms with van der Waals surface area (Å²) < 4.78 is 28.6. The highest BCUT2D eigenvalue weighted by molar-refractivity contribution is 5.29. The molecule has 4 unspecified atom stereocenters. The molecule has 0 aliphatic heterocycles. The summed E-state index contributed by atoms with van der Waals surface area (Å²) >= 11 is 0. The molecule has 2 aliphatic carbocycles. The van der Waals surface area contributed by atoms with Crippen LogP contribution in [-0.2, 0) is 0 Å². The Hall–Kier alpha value is -1.16. The minimum atomic E-state index is -2.76. The predicted octanol–water partition coefficient (Wildman–Crippen LogP) is 4.13. The predicted molar refractivity (Wildman–Crippen MR) is 73.9 cm³/mol.